The normalized spacial score (nSPS) is 17.6. The number of carbonyl (C=O) groups is 1. The fourth-order valence-electron chi connectivity index (χ4n) is 4.37. The van der Waals surface area contributed by atoms with Crippen molar-refractivity contribution in [1.82, 2.24) is 30.4 Å². The van der Waals surface area contributed by atoms with Gasteiger partial charge in [-0.25, -0.2) is 23.9 Å². The summed E-state index contributed by atoms with van der Waals surface area (Å²) >= 11 is 6.43. The van der Waals surface area contributed by atoms with Crippen LogP contribution in [0.5, 0.6) is 0 Å². The Kier molecular flexibility index (Phi) is 5.48. The van der Waals surface area contributed by atoms with E-state index in [1.165, 1.54) is 24.4 Å². The van der Waals surface area contributed by atoms with Crippen molar-refractivity contribution in [3.63, 3.8) is 0 Å². The zero-order chi connectivity index (χ0) is 24.0. The Labute approximate surface area is 197 Å². The Bertz CT molecular complexity index is 1470. The Morgan fingerprint density at radius 1 is 1.32 bits per heavy atom. The zero-order valence-electron chi connectivity index (χ0n) is 18.2. The molecular formula is C22H19ClFN7O3. The molecule has 0 spiro atoms. The minimum absolute atomic E-state index is 0.0573. The van der Waals surface area contributed by atoms with E-state index < -0.39 is 11.8 Å². The maximum absolute atomic E-state index is 15.0. The van der Waals surface area contributed by atoms with Crippen LogP contribution < -0.4 is 10.9 Å². The number of hydrogen-bond acceptors (Lipinski definition) is 7. The largest absolute Gasteiger partial charge is 0.322 e. The van der Waals surface area contributed by atoms with Gasteiger partial charge < -0.3 is 10.2 Å². The summed E-state index contributed by atoms with van der Waals surface area (Å²) in [6.07, 6.45) is 2.52. The number of halogens is 2. The number of H-pyrrole nitrogens is 1. The van der Waals surface area contributed by atoms with Crippen LogP contribution in [0.25, 0.3) is 22.3 Å². The molecule has 2 unspecified atom stereocenters. The van der Waals surface area contributed by atoms with Crippen LogP contribution in [0.15, 0.2) is 39.9 Å². The van der Waals surface area contributed by atoms with Crippen molar-refractivity contribution in [3.05, 3.63) is 62.9 Å². The zero-order valence-corrected chi connectivity index (χ0v) is 18.9. The van der Waals surface area contributed by atoms with E-state index >= 15 is 4.39 Å². The summed E-state index contributed by atoms with van der Waals surface area (Å²) in [7, 11) is 0. The molecule has 174 valence electrons. The van der Waals surface area contributed by atoms with Gasteiger partial charge in [-0.1, -0.05) is 18.5 Å². The number of benzene rings is 1. The van der Waals surface area contributed by atoms with Crippen LogP contribution in [-0.4, -0.2) is 42.5 Å². The van der Waals surface area contributed by atoms with Crippen LogP contribution in [0, 0.1) is 5.82 Å². The van der Waals surface area contributed by atoms with Gasteiger partial charge in [0, 0.05) is 29.4 Å². The first-order chi connectivity index (χ1) is 16.4. The monoisotopic (exact) mass is 483 g/mol. The molecule has 1 aliphatic rings. The van der Waals surface area contributed by atoms with Gasteiger partial charge in [0.05, 0.1) is 22.4 Å². The molecular weight excluding hydrogens is 465 g/mol. The van der Waals surface area contributed by atoms with Gasteiger partial charge in [-0.3, -0.25) is 4.79 Å². The van der Waals surface area contributed by atoms with Crippen molar-refractivity contribution in [1.29, 1.82) is 0 Å². The number of urea groups is 1. The average Bonchev–Trinajstić information content (AvgIpc) is 3.28. The summed E-state index contributed by atoms with van der Waals surface area (Å²) in [5.74, 6) is -0.660. The molecule has 3 aromatic heterocycles. The SMILES string of the molecule is CCC1c2n[nH]c(=O)cc2CC(C)N1C(=O)Nc1cc(Cl)c(-c2cnc3nonc3c2)cc1F. The van der Waals surface area contributed by atoms with Crippen LogP contribution >= 0.6 is 11.6 Å². The highest BCUT2D eigenvalue weighted by atomic mass is 35.5. The maximum Gasteiger partial charge on any atom is 0.322 e. The number of amides is 2. The van der Waals surface area contributed by atoms with Crippen LogP contribution in [-0.2, 0) is 6.42 Å². The molecule has 2 amide bonds. The number of pyridine rings is 1. The molecule has 2 N–H and O–H groups in total. The van der Waals surface area contributed by atoms with Gasteiger partial charge in [-0.05, 0) is 53.8 Å². The molecule has 1 aliphatic heterocycles. The molecule has 0 saturated heterocycles. The van der Waals surface area contributed by atoms with Gasteiger partial charge >= 0.3 is 6.03 Å². The van der Waals surface area contributed by atoms with Crippen LogP contribution in [0.1, 0.15) is 37.6 Å². The first-order valence-corrected chi connectivity index (χ1v) is 11.0. The van der Waals surface area contributed by atoms with Crippen molar-refractivity contribution >= 4 is 34.5 Å². The highest BCUT2D eigenvalue weighted by Crippen LogP contribution is 2.36. The van der Waals surface area contributed by atoms with E-state index in [1.54, 1.807) is 11.0 Å². The van der Waals surface area contributed by atoms with Crippen LogP contribution in [0.3, 0.4) is 0 Å². The summed E-state index contributed by atoms with van der Waals surface area (Å²) in [4.78, 5) is 30.6. The van der Waals surface area contributed by atoms with Crippen molar-refractivity contribution in [2.75, 3.05) is 5.32 Å². The first kappa shape index (κ1) is 22.0. The number of aromatic nitrogens is 5. The third-order valence-electron chi connectivity index (χ3n) is 5.91. The standard InChI is InChI=1S/C22H19ClFN7O3/c1-3-18-20-11(6-19(32)27-28-20)4-10(2)31(18)22(33)26-16-8-14(23)13(7-15(16)24)12-5-17-21(25-9-12)30-34-29-17/h5-10,18H,3-4H2,1-2H3,(H,26,33)(H,27,32). The molecule has 0 radical (unpaired) electrons. The lowest BCUT2D eigenvalue weighted by atomic mass is 9.92. The third-order valence-corrected chi connectivity index (χ3v) is 6.22. The predicted molar refractivity (Wildman–Crippen MR) is 122 cm³/mol. The highest BCUT2D eigenvalue weighted by Gasteiger charge is 2.36. The molecule has 10 nitrogen and oxygen atoms in total. The minimum atomic E-state index is -0.660. The molecule has 34 heavy (non-hydrogen) atoms. The molecule has 0 aliphatic carbocycles. The second-order valence-corrected chi connectivity index (χ2v) is 8.51. The molecule has 0 saturated carbocycles. The summed E-state index contributed by atoms with van der Waals surface area (Å²) in [5, 5.41) is 16.8. The van der Waals surface area contributed by atoms with Crippen LogP contribution in [0.4, 0.5) is 14.9 Å². The molecule has 2 atom stereocenters. The van der Waals surface area contributed by atoms with Gasteiger partial charge in [-0.2, -0.15) is 5.10 Å². The highest BCUT2D eigenvalue weighted by molar-refractivity contribution is 6.33. The number of aromatic amines is 1. The van der Waals surface area contributed by atoms with Gasteiger partial charge in [0.2, 0.25) is 5.65 Å². The number of anilines is 1. The smallest absolute Gasteiger partial charge is 0.313 e. The Morgan fingerprint density at radius 3 is 2.94 bits per heavy atom. The Hall–Kier alpha value is -3.86. The first-order valence-electron chi connectivity index (χ1n) is 10.6. The number of carbonyl (C=O) groups excluding carboxylic acids is 1. The van der Waals surface area contributed by atoms with E-state index in [0.29, 0.717) is 40.8 Å². The van der Waals surface area contributed by atoms with E-state index in [1.807, 2.05) is 13.8 Å². The van der Waals surface area contributed by atoms with Crippen molar-refractivity contribution in [3.8, 4) is 11.1 Å². The summed E-state index contributed by atoms with van der Waals surface area (Å²) in [6.45, 7) is 3.79. The summed E-state index contributed by atoms with van der Waals surface area (Å²) in [6, 6.07) is 4.64. The molecule has 12 heteroatoms. The number of hydrogen-bond donors (Lipinski definition) is 2. The average molecular weight is 484 g/mol. The molecule has 0 bridgehead atoms. The van der Waals surface area contributed by atoms with Crippen molar-refractivity contribution in [2.45, 2.75) is 38.8 Å². The fourth-order valence-corrected chi connectivity index (χ4v) is 4.64. The molecule has 1 aromatic carbocycles. The molecule has 0 fully saturated rings. The Morgan fingerprint density at radius 2 is 2.15 bits per heavy atom. The van der Waals surface area contributed by atoms with Gasteiger partial charge in [0.15, 0.2) is 5.52 Å². The van der Waals surface area contributed by atoms with E-state index in [0.717, 1.165) is 5.56 Å². The predicted octanol–water partition coefficient (Wildman–Crippen LogP) is 4.09. The summed E-state index contributed by atoms with van der Waals surface area (Å²) in [5.41, 5.74) is 2.74. The number of rotatable bonds is 3. The quantitative estimate of drug-likeness (QED) is 0.448. The fraction of sp³-hybridized carbons (Fsp3) is 0.273. The maximum atomic E-state index is 15.0. The van der Waals surface area contributed by atoms with Crippen molar-refractivity contribution in [2.24, 2.45) is 0 Å². The lowest BCUT2D eigenvalue weighted by molar-refractivity contribution is 0.145. The second-order valence-electron chi connectivity index (χ2n) is 8.10. The van der Waals surface area contributed by atoms with Gasteiger partial charge in [-0.15, -0.1) is 0 Å². The second kappa shape index (κ2) is 8.49. The lowest BCUT2D eigenvalue weighted by Gasteiger charge is -2.40. The molecule has 5 rings (SSSR count). The van der Waals surface area contributed by atoms with Gasteiger partial charge in [0.25, 0.3) is 5.56 Å². The molecule has 4 heterocycles. The minimum Gasteiger partial charge on any atom is -0.313 e. The van der Waals surface area contributed by atoms with E-state index in [-0.39, 0.29) is 28.4 Å². The topological polar surface area (TPSA) is 130 Å². The number of fused-ring (bicyclic) bond motifs is 2. The Balaban J connectivity index is 1.43. The lowest BCUT2D eigenvalue weighted by Crippen LogP contribution is -2.48. The van der Waals surface area contributed by atoms with E-state index in [2.05, 4.69) is 35.4 Å². The summed E-state index contributed by atoms with van der Waals surface area (Å²) < 4.78 is 19.7. The number of nitrogens with zero attached hydrogens (tertiary/aromatic N) is 5. The third kappa shape index (κ3) is 3.77. The molecule has 4 aromatic rings. The van der Waals surface area contributed by atoms with Crippen LogP contribution in [0.2, 0.25) is 5.02 Å². The van der Waals surface area contributed by atoms with E-state index in [9.17, 15) is 9.59 Å². The van der Waals surface area contributed by atoms with E-state index in [4.69, 9.17) is 11.6 Å². The van der Waals surface area contributed by atoms with Gasteiger partial charge in [0.1, 0.15) is 5.82 Å². The number of nitrogens with one attached hydrogen (secondary N) is 2. The van der Waals surface area contributed by atoms with Crippen molar-refractivity contribution < 1.29 is 13.8 Å².